The summed E-state index contributed by atoms with van der Waals surface area (Å²) in [5.74, 6) is 0. The molecule has 4 nitrogen and oxygen atoms in total. The van der Waals surface area contributed by atoms with E-state index in [0.29, 0.717) is 11.2 Å². The minimum Gasteiger partial charge on any atom is -0.404 e. The quantitative estimate of drug-likeness (QED) is 0.644. The van der Waals surface area contributed by atoms with Crippen molar-refractivity contribution in [2.24, 2.45) is 10.7 Å². The average molecular weight is 265 g/mol. The number of allylic oxidation sites excluding steroid dienone is 1. The molecule has 5 heteroatoms. The second kappa shape index (κ2) is 5.98. The van der Waals surface area contributed by atoms with Crippen molar-refractivity contribution in [1.29, 1.82) is 0 Å². The Bertz CT molecular complexity index is 478. The van der Waals surface area contributed by atoms with Gasteiger partial charge in [-0.3, -0.25) is 4.99 Å². The highest BCUT2D eigenvalue weighted by Crippen LogP contribution is 2.18. The molecular weight excluding hydrogens is 248 g/mol. The molecule has 0 bridgehead atoms. The highest BCUT2D eigenvalue weighted by atomic mass is 35.5. The van der Waals surface area contributed by atoms with Gasteiger partial charge in [0.15, 0.2) is 0 Å². The van der Waals surface area contributed by atoms with Gasteiger partial charge in [-0.1, -0.05) is 11.6 Å². The van der Waals surface area contributed by atoms with Crippen LogP contribution in [0.1, 0.15) is 17.5 Å². The third-order valence-electron chi connectivity index (χ3n) is 3.05. The van der Waals surface area contributed by atoms with Crippen LogP contribution in [0.4, 0.5) is 0 Å². The van der Waals surface area contributed by atoms with E-state index < -0.39 is 0 Å². The molecule has 0 aliphatic carbocycles. The number of halogens is 1. The van der Waals surface area contributed by atoms with Gasteiger partial charge >= 0.3 is 0 Å². The van der Waals surface area contributed by atoms with Crippen molar-refractivity contribution < 1.29 is 0 Å². The average Bonchev–Trinajstić information content (AvgIpc) is 2.28. The van der Waals surface area contributed by atoms with Crippen LogP contribution in [0.15, 0.2) is 23.5 Å². The molecule has 0 spiro atoms. The fourth-order valence-electron chi connectivity index (χ4n) is 1.81. The molecule has 2 heterocycles. The zero-order valence-corrected chi connectivity index (χ0v) is 11.1. The molecule has 1 unspecified atom stereocenters. The van der Waals surface area contributed by atoms with Gasteiger partial charge in [0.2, 0.25) is 0 Å². The van der Waals surface area contributed by atoms with E-state index in [9.17, 15) is 0 Å². The lowest BCUT2D eigenvalue weighted by atomic mass is 10.0. The predicted octanol–water partition coefficient (Wildman–Crippen LogP) is 1.78. The van der Waals surface area contributed by atoms with Crippen molar-refractivity contribution >= 4 is 23.4 Å². The number of rotatable bonds is 4. The normalized spacial score (nSPS) is 20.1. The van der Waals surface area contributed by atoms with Crippen molar-refractivity contribution in [3.8, 4) is 0 Å². The molecule has 1 aliphatic heterocycles. The Balaban J connectivity index is 2.07. The van der Waals surface area contributed by atoms with E-state index in [0.717, 1.165) is 29.8 Å². The van der Waals surface area contributed by atoms with E-state index in [1.165, 1.54) is 6.42 Å². The molecule has 1 aliphatic rings. The van der Waals surface area contributed by atoms with Crippen molar-refractivity contribution in [3.05, 3.63) is 34.7 Å². The van der Waals surface area contributed by atoms with Gasteiger partial charge in [0.05, 0.1) is 6.54 Å². The molecule has 1 atom stereocenters. The van der Waals surface area contributed by atoms with Crippen molar-refractivity contribution in [3.63, 3.8) is 0 Å². The summed E-state index contributed by atoms with van der Waals surface area (Å²) in [7, 11) is 0. The first-order chi connectivity index (χ1) is 8.70. The van der Waals surface area contributed by atoms with Gasteiger partial charge < -0.3 is 11.1 Å². The predicted molar refractivity (Wildman–Crippen MR) is 75.9 cm³/mol. The van der Waals surface area contributed by atoms with Crippen molar-refractivity contribution in [1.82, 2.24) is 10.3 Å². The third-order valence-corrected chi connectivity index (χ3v) is 3.26. The number of nitrogens with zero attached hydrogens (tertiary/aromatic N) is 2. The minimum absolute atomic E-state index is 0.489. The third kappa shape index (κ3) is 3.09. The van der Waals surface area contributed by atoms with Gasteiger partial charge in [0, 0.05) is 35.8 Å². The Hall–Kier alpha value is -1.39. The van der Waals surface area contributed by atoms with Gasteiger partial charge in [0.1, 0.15) is 5.15 Å². The Morgan fingerprint density at radius 3 is 3.06 bits per heavy atom. The summed E-state index contributed by atoms with van der Waals surface area (Å²) in [5, 5.41) is 3.79. The van der Waals surface area contributed by atoms with Gasteiger partial charge in [-0.25, -0.2) is 4.98 Å². The Morgan fingerprint density at radius 1 is 1.72 bits per heavy atom. The zero-order valence-electron chi connectivity index (χ0n) is 10.4. The summed E-state index contributed by atoms with van der Waals surface area (Å²) in [4.78, 5) is 8.48. The Labute approximate surface area is 112 Å². The maximum absolute atomic E-state index is 5.83. The first-order valence-corrected chi connectivity index (χ1v) is 6.36. The van der Waals surface area contributed by atoms with E-state index in [4.69, 9.17) is 17.3 Å². The minimum atomic E-state index is 0.489. The number of pyridine rings is 1. The number of nitrogens with one attached hydrogen (secondary N) is 1. The molecule has 1 saturated heterocycles. The van der Waals surface area contributed by atoms with E-state index in [1.54, 1.807) is 18.6 Å². The molecule has 96 valence electrons. The SMILES string of the molecule is Cc1cc(Cl)ncc1/C(C=NCC1CCN1)=C/N. The Kier molecular flexibility index (Phi) is 4.33. The number of hydrogen-bond acceptors (Lipinski definition) is 4. The summed E-state index contributed by atoms with van der Waals surface area (Å²) in [5.41, 5.74) is 8.52. The molecule has 1 aromatic heterocycles. The van der Waals surface area contributed by atoms with Gasteiger partial charge in [-0.05, 0) is 31.5 Å². The van der Waals surface area contributed by atoms with Crippen molar-refractivity contribution in [2.75, 3.05) is 13.1 Å². The summed E-state index contributed by atoms with van der Waals surface area (Å²) in [6.07, 6.45) is 6.28. The molecule has 0 amide bonds. The molecule has 3 N–H and O–H groups in total. The second-order valence-corrected chi connectivity index (χ2v) is 4.77. The van der Waals surface area contributed by atoms with Crippen LogP contribution in [0.3, 0.4) is 0 Å². The van der Waals surface area contributed by atoms with Gasteiger partial charge in [-0.2, -0.15) is 0 Å². The molecule has 1 aromatic rings. The topological polar surface area (TPSA) is 63.3 Å². The van der Waals surface area contributed by atoms with Crippen molar-refractivity contribution in [2.45, 2.75) is 19.4 Å². The maximum Gasteiger partial charge on any atom is 0.129 e. The lowest BCUT2D eigenvalue weighted by molar-refractivity contribution is 0.380. The number of aromatic nitrogens is 1. The van der Waals surface area contributed by atoms with E-state index in [-0.39, 0.29) is 0 Å². The highest BCUT2D eigenvalue weighted by Gasteiger charge is 2.14. The summed E-state index contributed by atoms with van der Waals surface area (Å²) in [6, 6.07) is 2.34. The summed E-state index contributed by atoms with van der Waals surface area (Å²) >= 11 is 5.83. The van der Waals surface area contributed by atoms with E-state index in [2.05, 4.69) is 15.3 Å². The lowest BCUT2D eigenvalue weighted by Gasteiger charge is -2.25. The highest BCUT2D eigenvalue weighted by molar-refractivity contribution is 6.29. The second-order valence-electron chi connectivity index (χ2n) is 4.38. The monoisotopic (exact) mass is 264 g/mol. The Morgan fingerprint density at radius 2 is 2.50 bits per heavy atom. The van der Waals surface area contributed by atoms with E-state index >= 15 is 0 Å². The number of nitrogens with two attached hydrogens (primary N) is 1. The van der Waals surface area contributed by atoms with Crippen LogP contribution in [0.2, 0.25) is 5.15 Å². The zero-order chi connectivity index (χ0) is 13.0. The summed E-state index contributed by atoms with van der Waals surface area (Å²) < 4.78 is 0. The first-order valence-electron chi connectivity index (χ1n) is 5.98. The van der Waals surface area contributed by atoms with Gasteiger partial charge in [0.25, 0.3) is 0 Å². The van der Waals surface area contributed by atoms with Crippen LogP contribution < -0.4 is 11.1 Å². The number of aliphatic imine (C=N–C) groups is 1. The summed E-state index contributed by atoms with van der Waals surface area (Å²) in [6.45, 7) is 3.87. The fourth-order valence-corrected chi connectivity index (χ4v) is 2.02. The molecule has 0 saturated carbocycles. The first kappa shape index (κ1) is 13.1. The van der Waals surface area contributed by atoms with E-state index in [1.807, 2.05) is 13.0 Å². The molecule has 2 rings (SSSR count). The van der Waals surface area contributed by atoms with Crippen LogP contribution in [0.5, 0.6) is 0 Å². The largest absolute Gasteiger partial charge is 0.404 e. The lowest BCUT2D eigenvalue weighted by Crippen LogP contribution is -2.44. The van der Waals surface area contributed by atoms with Crippen LogP contribution in [0, 0.1) is 6.92 Å². The van der Waals surface area contributed by atoms with Crippen LogP contribution in [-0.2, 0) is 0 Å². The molecular formula is C13H17ClN4. The standard InChI is InChI=1S/C13H17ClN4/c1-9-4-13(14)18-8-12(9)10(5-15)6-16-7-11-2-3-17-11/h4-6,8,11,17H,2-3,7,15H2,1H3/b10-5+,16-6?. The van der Waals surface area contributed by atoms with Gasteiger partial charge in [-0.15, -0.1) is 0 Å². The maximum atomic E-state index is 5.83. The fraction of sp³-hybridized carbons (Fsp3) is 0.385. The van der Waals surface area contributed by atoms with Crippen LogP contribution in [-0.4, -0.2) is 30.3 Å². The smallest absolute Gasteiger partial charge is 0.129 e. The molecule has 1 fully saturated rings. The molecule has 18 heavy (non-hydrogen) atoms. The van der Waals surface area contributed by atoms with Crippen LogP contribution in [0.25, 0.3) is 5.57 Å². The molecule has 0 radical (unpaired) electrons. The molecule has 0 aromatic carbocycles. The number of hydrogen-bond donors (Lipinski definition) is 2. The number of aryl methyl sites for hydroxylation is 1. The van der Waals surface area contributed by atoms with Crippen LogP contribution >= 0.6 is 11.6 Å².